The van der Waals surface area contributed by atoms with Gasteiger partial charge >= 0.3 is 0 Å². The van der Waals surface area contributed by atoms with Crippen LogP contribution < -0.4 is 30.9 Å². The Bertz CT molecular complexity index is 1150. The fraction of sp³-hybridized carbons (Fsp3) is 0.111. The number of amides is 3. The van der Waals surface area contributed by atoms with E-state index in [-0.39, 0.29) is 16.7 Å². The van der Waals surface area contributed by atoms with Crippen LogP contribution >= 0.6 is 0 Å². The van der Waals surface area contributed by atoms with Gasteiger partial charge in [-0.15, -0.1) is 0 Å². The van der Waals surface area contributed by atoms with Gasteiger partial charge in [-0.05, 0) is 36.4 Å². The fourth-order valence-electron chi connectivity index (χ4n) is 3.50. The smallest absolute Gasteiger partial charge is 0.251 e. The number of hydrogen-bond donors (Lipinski definition) is 3. The van der Waals surface area contributed by atoms with Crippen LogP contribution in [0.5, 0.6) is 0 Å². The predicted octanol–water partition coefficient (Wildman–Crippen LogP) is 0.919. The van der Waals surface area contributed by atoms with E-state index in [1.807, 2.05) is 36.4 Å². The molecule has 4 aromatic rings. The van der Waals surface area contributed by atoms with E-state index in [9.17, 15) is 14.4 Å². The normalized spacial score (nSPS) is 10.3. The van der Waals surface area contributed by atoms with Crippen LogP contribution in [0.2, 0.25) is 0 Å². The first-order chi connectivity index (χ1) is 17.6. The predicted molar refractivity (Wildman–Crippen MR) is 129 cm³/mol. The van der Waals surface area contributed by atoms with E-state index in [4.69, 9.17) is 0 Å². The van der Waals surface area contributed by atoms with Crippen LogP contribution in [0, 0.1) is 0 Å². The molecule has 0 aliphatic carbocycles. The number of nitrogens with one attached hydrogen (secondary N) is 6. The Morgan fingerprint density at radius 3 is 1.08 bits per heavy atom. The summed E-state index contributed by atoms with van der Waals surface area (Å²) in [6, 6.07) is 15.6. The zero-order valence-electron chi connectivity index (χ0n) is 19.5. The van der Waals surface area contributed by atoms with Gasteiger partial charge in [-0.25, -0.2) is 15.0 Å². The van der Waals surface area contributed by atoms with E-state index in [2.05, 4.69) is 30.9 Å². The fourth-order valence-corrected chi connectivity index (χ4v) is 3.50. The first-order valence-electron chi connectivity index (χ1n) is 11.4. The summed E-state index contributed by atoms with van der Waals surface area (Å²) in [6.45, 7) is 0.884. The second-order valence-corrected chi connectivity index (χ2v) is 8.08. The Labute approximate surface area is 208 Å². The van der Waals surface area contributed by atoms with Gasteiger partial charge in [-0.1, -0.05) is 0 Å². The molecular weight excluding hydrogens is 456 g/mol. The lowest BCUT2D eigenvalue weighted by Gasteiger charge is -2.11. The van der Waals surface area contributed by atoms with Gasteiger partial charge in [0.1, 0.15) is 0 Å². The number of rotatable bonds is 9. The van der Waals surface area contributed by atoms with Crippen LogP contribution in [0.4, 0.5) is 0 Å². The van der Waals surface area contributed by atoms with Crippen molar-refractivity contribution >= 4 is 17.7 Å². The van der Waals surface area contributed by atoms with Gasteiger partial charge in [0.15, 0.2) is 37.2 Å². The van der Waals surface area contributed by atoms with Crippen LogP contribution in [0.3, 0.4) is 0 Å². The van der Waals surface area contributed by atoms with E-state index in [0.29, 0.717) is 19.6 Å². The number of hydrogen-bond acceptors (Lipinski definition) is 3. The standard InChI is InChI=1S/C27H24N6O3/c34-25(31-16-19-4-1-7-28-13-19)22-10-23(26(35)32-17-20-5-2-8-29-14-20)12-24(11-22)27(36)33-18-21-6-3-9-30-15-21/h1-15H,16-18H2,(H,31,34)(H,32,35)(H,33,36)/p+3. The Kier molecular flexibility index (Phi) is 8.06. The lowest BCUT2D eigenvalue weighted by Crippen LogP contribution is -2.28. The monoisotopic (exact) mass is 483 g/mol. The van der Waals surface area contributed by atoms with Crippen LogP contribution in [-0.4, -0.2) is 17.7 Å². The molecule has 0 unspecified atom stereocenters. The molecule has 3 aromatic heterocycles. The first kappa shape index (κ1) is 24.2. The molecule has 0 bridgehead atoms. The summed E-state index contributed by atoms with van der Waals surface area (Å²) in [6.07, 6.45) is 10.7. The topological polar surface area (TPSA) is 130 Å². The van der Waals surface area contributed by atoms with Crippen molar-refractivity contribution in [3.05, 3.63) is 125 Å². The summed E-state index contributed by atoms with van der Waals surface area (Å²) in [5.74, 6) is -1.17. The zero-order valence-corrected chi connectivity index (χ0v) is 19.5. The van der Waals surface area contributed by atoms with Crippen LogP contribution in [0.1, 0.15) is 47.8 Å². The number of benzene rings is 1. The van der Waals surface area contributed by atoms with Gasteiger partial charge in [0.25, 0.3) is 17.7 Å². The summed E-state index contributed by atoms with van der Waals surface area (Å²) in [4.78, 5) is 47.7. The second kappa shape index (κ2) is 12.0. The Morgan fingerprint density at radius 1 is 0.528 bits per heavy atom. The molecule has 4 rings (SSSR count). The second-order valence-electron chi connectivity index (χ2n) is 8.08. The van der Waals surface area contributed by atoms with Crippen LogP contribution in [-0.2, 0) is 19.6 Å². The van der Waals surface area contributed by atoms with Crippen molar-refractivity contribution in [3.63, 3.8) is 0 Å². The largest absolute Gasteiger partial charge is 0.348 e. The maximum Gasteiger partial charge on any atom is 0.251 e. The summed E-state index contributed by atoms with van der Waals surface area (Å²) in [7, 11) is 0. The number of pyridine rings is 3. The third kappa shape index (κ3) is 6.80. The van der Waals surface area contributed by atoms with Crippen molar-refractivity contribution in [2.45, 2.75) is 19.6 Å². The van der Waals surface area contributed by atoms with E-state index >= 15 is 0 Å². The van der Waals surface area contributed by atoms with Crippen molar-refractivity contribution in [1.29, 1.82) is 0 Å². The molecule has 0 saturated heterocycles. The maximum absolute atomic E-state index is 12.9. The highest BCUT2D eigenvalue weighted by molar-refractivity contribution is 6.04. The minimum Gasteiger partial charge on any atom is -0.348 e. The molecular formula is C27H27N6O3+3. The third-order valence-electron chi connectivity index (χ3n) is 5.39. The maximum atomic E-state index is 12.9. The van der Waals surface area contributed by atoms with Crippen molar-refractivity contribution in [3.8, 4) is 0 Å². The van der Waals surface area contributed by atoms with Crippen LogP contribution in [0.15, 0.2) is 91.8 Å². The van der Waals surface area contributed by atoms with E-state index in [0.717, 1.165) is 16.7 Å². The molecule has 180 valence electrons. The van der Waals surface area contributed by atoms with E-state index in [1.165, 1.54) is 18.2 Å². The lowest BCUT2D eigenvalue weighted by molar-refractivity contribution is -0.379. The van der Waals surface area contributed by atoms with Gasteiger partial charge < -0.3 is 16.0 Å². The number of carbonyl (C=O) groups is 3. The van der Waals surface area contributed by atoms with Gasteiger partial charge in [0.2, 0.25) is 0 Å². The molecule has 3 heterocycles. The average Bonchev–Trinajstić information content (AvgIpc) is 2.94. The zero-order chi connectivity index (χ0) is 25.2. The van der Waals surface area contributed by atoms with Crippen molar-refractivity contribution in [2.24, 2.45) is 0 Å². The molecule has 9 nitrogen and oxygen atoms in total. The molecule has 0 fully saturated rings. The van der Waals surface area contributed by atoms with Gasteiger partial charge in [-0.2, -0.15) is 0 Å². The van der Waals surface area contributed by atoms with Crippen molar-refractivity contribution in [2.75, 3.05) is 0 Å². The van der Waals surface area contributed by atoms with Crippen molar-refractivity contribution in [1.82, 2.24) is 16.0 Å². The number of aromatic nitrogens is 3. The molecule has 6 N–H and O–H groups in total. The Hall–Kier alpha value is -4.92. The van der Waals surface area contributed by atoms with Gasteiger partial charge in [-0.3, -0.25) is 14.4 Å². The molecule has 9 heteroatoms. The van der Waals surface area contributed by atoms with Gasteiger partial charge in [0, 0.05) is 71.2 Å². The summed E-state index contributed by atoms with van der Waals surface area (Å²) >= 11 is 0. The molecule has 0 aliphatic heterocycles. The van der Waals surface area contributed by atoms with Crippen LogP contribution in [0.25, 0.3) is 0 Å². The summed E-state index contributed by atoms with van der Waals surface area (Å²) in [5, 5.41) is 8.50. The highest BCUT2D eigenvalue weighted by Crippen LogP contribution is 2.13. The lowest BCUT2D eigenvalue weighted by atomic mass is 10.0. The van der Waals surface area contributed by atoms with E-state index in [1.54, 1.807) is 37.2 Å². The molecule has 0 saturated carbocycles. The minimum absolute atomic E-state index is 0.216. The number of aromatic amines is 3. The first-order valence-corrected chi connectivity index (χ1v) is 11.4. The number of carbonyl (C=O) groups excluding carboxylic acids is 3. The molecule has 0 atom stereocenters. The highest BCUT2D eigenvalue weighted by atomic mass is 16.2. The van der Waals surface area contributed by atoms with Gasteiger partial charge in [0.05, 0.1) is 0 Å². The molecule has 0 radical (unpaired) electrons. The summed E-state index contributed by atoms with van der Waals surface area (Å²) in [5.41, 5.74) is 3.31. The molecule has 0 spiro atoms. The molecule has 36 heavy (non-hydrogen) atoms. The highest BCUT2D eigenvalue weighted by Gasteiger charge is 2.17. The molecule has 3 amide bonds. The Morgan fingerprint density at radius 2 is 0.833 bits per heavy atom. The third-order valence-corrected chi connectivity index (χ3v) is 5.39. The SMILES string of the molecule is O=C(NCc1ccc[nH+]c1)c1cc(C(=O)NCc2ccc[nH+]c2)cc(C(=O)NCc2ccc[nH+]c2)c1. The average molecular weight is 484 g/mol. The Balaban J connectivity index is 1.52. The molecule has 0 aliphatic rings. The minimum atomic E-state index is -0.391. The van der Waals surface area contributed by atoms with Crippen molar-refractivity contribution < 1.29 is 29.3 Å². The molecule has 1 aromatic carbocycles. The quantitative estimate of drug-likeness (QED) is 0.327. The summed E-state index contributed by atoms with van der Waals surface area (Å²) < 4.78 is 0. The van der Waals surface area contributed by atoms with E-state index < -0.39 is 17.7 Å². The number of H-pyrrole nitrogens is 3.